The zero-order valence-corrected chi connectivity index (χ0v) is 23.8. The molecular formula is C34H34N4O2S. The number of ether oxygens (including phenoxy) is 1. The van der Waals surface area contributed by atoms with Crippen LogP contribution in [0.2, 0.25) is 0 Å². The van der Waals surface area contributed by atoms with Crippen LogP contribution in [-0.4, -0.2) is 39.0 Å². The summed E-state index contributed by atoms with van der Waals surface area (Å²) >= 11 is 1.54. The van der Waals surface area contributed by atoms with E-state index in [0.29, 0.717) is 19.7 Å². The third-order valence-electron chi connectivity index (χ3n) is 6.72. The highest BCUT2D eigenvalue weighted by molar-refractivity contribution is 7.09. The number of hydrogen-bond acceptors (Lipinski definition) is 6. The summed E-state index contributed by atoms with van der Waals surface area (Å²) in [7, 11) is 0. The highest BCUT2D eigenvalue weighted by atomic mass is 32.1. The van der Waals surface area contributed by atoms with Gasteiger partial charge in [0.1, 0.15) is 0 Å². The largest absolute Gasteiger partial charge is 0.449 e. The van der Waals surface area contributed by atoms with Crippen LogP contribution in [0.15, 0.2) is 121 Å². The molecule has 0 aliphatic heterocycles. The number of nitrogens with zero attached hydrogens (tertiary/aromatic N) is 4. The van der Waals surface area contributed by atoms with Crippen molar-refractivity contribution in [2.24, 2.45) is 0 Å². The van der Waals surface area contributed by atoms with Gasteiger partial charge in [0.2, 0.25) is 0 Å². The molecule has 1 amide bonds. The van der Waals surface area contributed by atoms with E-state index in [-0.39, 0.29) is 6.09 Å². The standard InChI is InChI=1S/C34H34N4O2S/c39-34(38(26-32-22-35-27-41-32)25-29-12-5-2-6-13-29)40-21-9-20-37(23-28-10-3-1-4-11-28)24-30-15-17-31(18-16-30)33-14-7-8-19-36-33/h1-8,10-19,22,27H,9,20-21,23-26H2. The maximum absolute atomic E-state index is 13.1. The van der Waals surface area contributed by atoms with Crippen LogP contribution in [-0.2, 0) is 30.9 Å². The maximum atomic E-state index is 13.1. The van der Waals surface area contributed by atoms with Crippen LogP contribution in [0.1, 0.15) is 28.0 Å². The lowest BCUT2D eigenvalue weighted by molar-refractivity contribution is 0.0919. The molecule has 2 heterocycles. The van der Waals surface area contributed by atoms with Crippen LogP contribution in [0, 0.1) is 0 Å². The van der Waals surface area contributed by atoms with Gasteiger partial charge in [0.15, 0.2) is 0 Å². The first-order chi connectivity index (χ1) is 20.2. The van der Waals surface area contributed by atoms with Gasteiger partial charge in [0, 0.05) is 49.0 Å². The first-order valence-corrected chi connectivity index (χ1v) is 14.7. The molecule has 2 aromatic heterocycles. The molecule has 0 aliphatic carbocycles. The first-order valence-electron chi connectivity index (χ1n) is 13.8. The second-order valence-corrected chi connectivity index (χ2v) is 10.9. The smallest absolute Gasteiger partial charge is 0.410 e. The van der Waals surface area contributed by atoms with E-state index in [1.54, 1.807) is 27.9 Å². The number of amides is 1. The second kappa shape index (κ2) is 14.9. The van der Waals surface area contributed by atoms with Crippen molar-refractivity contribution in [2.45, 2.75) is 32.6 Å². The Kier molecular flexibility index (Phi) is 10.2. The van der Waals surface area contributed by atoms with E-state index in [4.69, 9.17) is 4.74 Å². The molecule has 0 bridgehead atoms. The van der Waals surface area contributed by atoms with E-state index < -0.39 is 0 Å². The number of rotatable bonds is 13. The summed E-state index contributed by atoms with van der Waals surface area (Å²) < 4.78 is 5.78. The average molecular weight is 563 g/mol. The van der Waals surface area contributed by atoms with Gasteiger partial charge in [0.25, 0.3) is 0 Å². The minimum Gasteiger partial charge on any atom is -0.449 e. The van der Waals surface area contributed by atoms with Gasteiger partial charge in [-0.05, 0) is 35.2 Å². The number of carbonyl (C=O) groups excluding carboxylic acids is 1. The molecule has 0 saturated heterocycles. The van der Waals surface area contributed by atoms with Crippen molar-refractivity contribution in [3.05, 3.63) is 143 Å². The number of hydrogen-bond donors (Lipinski definition) is 0. The predicted molar refractivity (Wildman–Crippen MR) is 164 cm³/mol. The molecule has 208 valence electrons. The molecule has 0 fully saturated rings. The zero-order valence-electron chi connectivity index (χ0n) is 23.0. The van der Waals surface area contributed by atoms with Crippen molar-refractivity contribution in [1.82, 2.24) is 19.8 Å². The normalized spacial score (nSPS) is 11.0. The van der Waals surface area contributed by atoms with Crippen molar-refractivity contribution in [1.29, 1.82) is 0 Å². The Balaban J connectivity index is 1.18. The molecule has 0 spiro atoms. The average Bonchev–Trinajstić information content (AvgIpc) is 3.54. The lowest BCUT2D eigenvalue weighted by atomic mass is 10.1. The summed E-state index contributed by atoms with van der Waals surface area (Å²) in [4.78, 5) is 26.9. The Hall–Kier alpha value is -4.33. The molecule has 5 rings (SSSR count). The monoisotopic (exact) mass is 562 g/mol. The lowest BCUT2D eigenvalue weighted by Crippen LogP contribution is -2.31. The molecule has 3 aromatic carbocycles. The zero-order chi connectivity index (χ0) is 28.1. The van der Waals surface area contributed by atoms with E-state index in [1.807, 2.05) is 60.8 Å². The second-order valence-electron chi connectivity index (χ2n) is 9.89. The lowest BCUT2D eigenvalue weighted by Gasteiger charge is -2.24. The number of thiazole rings is 1. The summed E-state index contributed by atoms with van der Waals surface area (Å²) in [6.07, 6.45) is 4.06. The summed E-state index contributed by atoms with van der Waals surface area (Å²) in [6.45, 7) is 3.76. The van der Waals surface area contributed by atoms with E-state index >= 15 is 0 Å². The summed E-state index contributed by atoms with van der Waals surface area (Å²) in [5.74, 6) is 0. The van der Waals surface area contributed by atoms with Crippen LogP contribution >= 0.6 is 11.3 Å². The maximum Gasteiger partial charge on any atom is 0.410 e. The van der Waals surface area contributed by atoms with E-state index in [0.717, 1.165) is 47.8 Å². The SMILES string of the molecule is O=C(OCCCN(Cc1ccccc1)Cc1ccc(-c2ccccn2)cc1)N(Cc1ccccc1)Cc1cncs1. The van der Waals surface area contributed by atoms with Gasteiger partial charge in [-0.3, -0.25) is 19.8 Å². The van der Waals surface area contributed by atoms with Crippen LogP contribution in [0.25, 0.3) is 11.3 Å². The molecule has 41 heavy (non-hydrogen) atoms. The predicted octanol–water partition coefficient (Wildman–Crippen LogP) is 7.44. The van der Waals surface area contributed by atoms with Crippen molar-refractivity contribution in [3.63, 3.8) is 0 Å². The van der Waals surface area contributed by atoms with Crippen molar-refractivity contribution >= 4 is 17.4 Å². The van der Waals surface area contributed by atoms with Gasteiger partial charge in [-0.2, -0.15) is 0 Å². The molecule has 0 saturated carbocycles. The van der Waals surface area contributed by atoms with Gasteiger partial charge >= 0.3 is 6.09 Å². The number of aromatic nitrogens is 2. The minimum atomic E-state index is -0.304. The fraction of sp³-hybridized carbons (Fsp3) is 0.206. The molecule has 7 heteroatoms. The minimum absolute atomic E-state index is 0.304. The Morgan fingerprint density at radius 1 is 0.732 bits per heavy atom. The topological polar surface area (TPSA) is 58.6 Å². The first kappa shape index (κ1) is 28.2. The third-order valence-corrected chi connectivity index (χ3v) is 7.48. The van der Waals surface area contributed by atoms with Crippen LogP contribution in [0.5, 0.6) is 0 Å². The van der Waals surface area contributed by atoms with E-state index in [2.05, 4.69) is 63.4 Å². The quantitative estimate of drug-likeness (QED) is 0.140. The van der Waals surface area contributed by atoms with Crippen LogP contribution in [0.3, 0.4) is 0 Å². The van der Waals surface area contributed by atoms with Crippen molar-refractivity contribution < 1.29 is 9.53 Å². The molecule has 0 aliphatic rings. The number of benzene rings is 3. The van der Waals surface area contributed by atoms with E-state index in [9.17, 15) is 4.79 Å². The Morgan fingerprint density at radius 2 is 1.39 bits per heavy atom. The Morgan fingerprint density at radius 3 is 2.02 bits per heavy atom. The highest BCUT2D eigenvalue weighted by Crippen LogP contribution is 2.19. The van der Waals surface area contributed by atoms with Crippen molar-refractivity contribution in [2.75, 3.05) is 13.2 Å². The van der Waals surface area contributed by atoms with Crippen molar-refractivity contribution in [3.8, 4) is 11.3 Å². The van der Waals surface area contributed by atoms with Crippen LogP contribution < -0.4 is 0 Å². The Bertz CT molecular complexity index is 1450. The van der Waals surface area contributed by atoms with Gasteiger partial charge in [0.05, 0.1) is 24.4 Å². The number of pyridine rings is 1. The fourth-order valence-electron chi connectivity index (χ4n) is 4.66. The van der Waals surface area contributed by atoms with Gasteiger partial charge in [-0.1, -0.05) is 91.0 Å². The highest BCUT2D eigenvalue weighted by Gasteiger charge is 2.17. The molecule has 0 radical (unpaired) electrons. The Labute approximate surface area is 245 Å². The third kappa shape index (κ3) is 8.83. The van der Waals surface area contributed by atoms with Gasteiger partial charge < -0.3 is 4.74 Å². The van der Waals surface area contributed by atoms with Crippen LogP contribution in [0.4, 0.5) is 4.79 Å². The summed E-state index contributed by atoms with van der Waals surface area (Å²) in [5.41, 5.74) is 7.42. The fourth-order valence-corrected chi connectivity index (χ4v) is 5.27. The number of carbonyl (C=O) groups is 1. The van der Waals surface area contributed by atoms with E-state index in [1.165, 1.54) is 11.1 Å². The molecule has 0 unspecified atom stereocenters. The van der Waals surface area contributed by atoms with Gasteiger partial charge in [-0.25, -0.2) is 4.79 Å². The summed E-state index contributed by atoms with van der Waals surface area (Å²) in [6, 6.07) is 35.0. The summed E-state index contributed by atoms with van der Waals surface area (Å²) in [5, 5.41) is 0. The molecule has 0 N–H and O–H groups in total. The van der Waals surface area contributed by atoms with Gasteiger partial charge in [-0.15, -0.1) is 11.3 Å². The molecule has 0 atom stereocenters. The molecule has 6 nitrogen and oxygen atoms in total. The molecule has 5 aromatic rings. The molecular weight excluding hydrogens is 528 g/mol.